The average molecular weight is 503 g/mol. The van der Waals surface area contributed by atoms with Gasteiger partial charge in [-0.05, 0) is 23.8 Å². The molecule has 3 aromatic rings. The minimum absolute atomic E-state index is 0.0132. The fraction of sp³-hybridized carbons (Fsp3) is 0.200. The molecule has 0 aliphatic rings. The number of carbonyl (C=O) groups is 1. The van der Waals surface area contributed by atoms with Gasteiger partial charge in [0.25, 0.3) is 5.91 Å². The van der Waals surface area contributed by atoms with Gasteiger partial charge in [-0.25, -0.2) is 13.1 Å². The number of alkyl halides is 2. The van der Waals surface area contributed by atoms with E-state index in [4.69, 9.17) is 23.2 Å². The summed E-state index contributed by atoms with van der Waals surface area (Å²) < 4.78 is 58.4. The Morgan fingerprint density at radius 3 is 2.50 bits per heavy atom. The van der Waals surface area contributed by atoms with Crippen molar-refractivity contribution >= 4 is 39.1 Å². The Morgan fingerprint density at radius 2 is 1.88 bits per heavy atom. The van der Waals surface area contributed by atoms with E-state index < -0.39 is 33.5 Å². The summed E-state index contributed by atoms with van der Waals surface area (Å²) in [6.07, 6.45) is 2.43. The fourth-order valence-electron chi connectivity index (χ4n) is 2.86. The zero-order valence-electron chi connectivity index (χ0n) is 16.6. The molecule has 12 heteroatoms. The topological polar surface area (TPSA) is 93.1 Å². The number of rotatable bonds is 8. The van der Waals surface area contributed by atoms with Gasteiger partial charge in [-0.2, -0.15) is 13.9 Å². The summed E-state index contributed by atoms with van der Waals surface area (Å²) in [6, 6.07) is 10.4. The number of aryl methyl sites for hydroxylation is 1. The summed E-state index contributed by atoms with van der Waals surface area (Å²) in [4.78, 5) is 12.5. The predicted octanol–water partition coefficient (Wildman–Crippen LogP) is 3.65. The van der Waals surface area contributed by atoms with Crippen molar-refractivity contribution < 1.29 is 22.0 Å². The molecule has 0 spiro atoms. The van der Waals surface area contributed by atoms with E-state index in [2.05, 4.69) is 15.1 Å². The number of aromatic nitrogens is 2. The Balaban J connectivity index is 1.85. The molecule has 0 bridgehead atoms. The van der Waals surface area contributed by atoms with Crippen molar-refractivity contribution in [3.8, 4) is 0 Å². The van der Waals surface area contributed by atoms with Crippen molar-refractivity contribution in [2.45, 2.75) is 16.9 Å². The first-order chi connectivity index (χ1) is 15.0. The molecule has 1 atom stereocenters. The number of hydrogen-bond acceptors (Lipinski definition) is 4. The van der Waals surface area contributed by atoms with Crippen molar-refractivity contribution in [2.24, 2.45) is 7.05 Å². The lowest BCUT2D eigenvalue weighted by atomic mass is 10.0. The molecule has 1 unspecified atom stereocenters. The second-order valence-electron chi connectivity index (χ2n) is 6.84. The van der Waals surface area contributed by atoms with Crippen LogP contribution < -0.4 is 10.0 Å². The van der Waals surface area contributed by atoms with Crippen LogP contribution >= 0.6 is 23.2 Å². The monoisotopic (exact) mass is 502 g/mol. The van der Waals surface area contributed by atoms with Crippen LogP contribution in [0.15, 0.2) is 65.8 Å². The van der Waals surface area contributed by atoms with Gasteiger partial charge in [0, 0.05) is 24.8 Å². The third-order valence-corrected chi connectivity index (χ3v) is 6.47. The van der Waals surface area contributed by atoms with Gasteiger partial charge in [0.2, 0.25) is 10.0 Å². The molecule has 0 saturated heterocycles. The van der Waals surface area contributed by atoms with Crippen LogP contribution in [-0.2, 0) is 27.8 Å². The van der Waals surface area contributed by atoms with E-state index in [0.717, 1.165) is 18.3 Å². The molecule has 0 radical (unpaired) electrons. The molecular weight excluding hydrogens is 485 g/mol. The van der Waals surface area contributed by atoms with Gasteiger partial charge < -0.3 is 5.32 Å². The first-order valence-electron chi connectivity index (χ1n) is 9.18. The van der Waals surface area contributed by atoms with Crippen molar-refractivity contribution in [3.05, 3.63) is 82.1 Å². The van der Waals surface area contributed by atoms with E-state index in [1.165, 1.54) is 16.9 Å². The number of halogens is 4. The average Bonchev–Trinajstić information content (AvgIpc) is 3.20. The van der Waals surface area contributed by atoms with E-state index in [0.29, 0.717) is 5.56 Å². The highest BCUT2D eigenvalue weighted by molar-refractivity contribution is 7.89. The Bertz CT molecular complexity index is 1220. The SMILES string of the molecule is Cn1cc(S(=O)(=O)NCC(NC(=O)C(F)(F)c2cc(Cl)ccc2Cl)c2ccccc2)cn1. The van der Waals surface area contributed by atoms with E-state index >= 15 is 0 Å². The first-order valence-corrected chi connectivity index (χ1v) is 11.4. The normalized spacial score (nSPS) is 13.0. The molecule has 0 saturated carbocycles. The number of amides is 1. The van der Waals surface area contributed by atoms with Gasteiger partial charge in [0.05, 0.1) is 22.8 Å². The first kappa shape index (κ1) is 24.1. The van der Waals surface area contributed by atoms with Crippen LogP contribution in [0.5, 0.6) is 0 Å². The van der Waals surface area contributed by atoms with Crippen molar-refractivity contribution in [2.75, 3.05) is 6.54 Å². The third kappa shape index (κ3) is 5.44. The third-order valence-electron chi connectivity index (χ3n) is 4.53. The van der Waals surface area contributed by atoms with Gasteiger partial charge in [-0.3, -0.25) is 9.48 Å². The van der Waals surface area contributed by atoms with Gasteiger partial charge >= 0.3 is 5.92 Å². The molecule has 7 nitrogen and oxygen atoms in total. The molecule has 1 aromatic heterocycles. The molecule has 0 fully saturated rings. The Labute approximate surface area is 193 Å². The molecule has 3 rings (SSSR count). The molecule has 0 aliphatic heterocycles. The minimum atomic E-state index is -4.02. The standard InChI is InChI=1S/C20H18Cl2F2N4O3S/c1-28-12-15(10-25-28)32(30,31)26-11-18(13-5-3-2-4-6-13)27-19(29)20(23,24)16-9-14(21)7-8-17(16)22/h2-10,12,18,26H,11H2,1H3,(H,27,29). The number of nitrogens with one attached hydrogen (secondary N) is 2. The molecule has 1 amide bonds. The van der Waals surface area contributed by atoms with Crippen molar-refractivity contribution in [3.63, 3.8) is 0 Å². The summed E-state index contributed by atoms with van der Waals surface area (Å²) in [5.41, 5.74) is -0.338. The fourth-order valence-corrected chi connectivity index (χ4v) is 4.30. The van der Waals surface area contributed by atoms with Crippen molar-refractivity contribution in [1.82, 2.24) is 19.8 Å². The lowest BCUT2D eigenvalue weighted by molar-refractivity contribution is -0.147. The lowest BCUT2D eigenvalue weighted by Gasteiger charge is -2.24. The van der Waals surface area contributed by atoms with Crippen LogP contribution in [0.3, 0.4) is 0 Å². The molecule has 0 aliphatic carbocycles. The zero-order chi connectivity index (χ0) is 23.5. The smallest absolute Gasteiger partial charge is 0.342 e. The zero-order valence-corrected chi connectivity index (χ0v) is 18.9. The van der Waals surface area contributed by atoms with E-state index in [1.54, 1.807) is 37.4 Å². The van der Waals surface area contributed by atoms with Crippen LogP contribution in [-0.4, -0.2) is 30.7 Å². The summed E-state index contributed by atoms with van der Waals surface area (Å²) in [6.45, 7) is -0.383. The molecule has 170 valence electrons. The van der Waals surface area contributed by atoms with E-state index in [9.17, 15) is 22.0 Å². The van der Waals surface area contributed by atoms with E-state index in [-0.39, 0.29) is 21.5 Å². The number of nitrogens with zero attached hydrogens (tertiary/aromatic N) is 2. The molecule has 1 heterocycles. The maximum absolute atomic E-state index is 14.9. The highest BCUT2D eigenvalue weighted by Gasteiger charge is 2.43. The van der Waals surface area contributed by atoms with Crippen LogP contribution in [0.4, 0.5) is 8.78 Å². The van der Waals surface area contributed by atoms with Gasteiger partial charge in [0.15, 0.2) is 0 Å². The summed E-state index contributed by atoms with van der Waals surface area (Å²) in [7, 11) is -2.44. The molecule has 32 heavy (non-hydrogen) atoms. The molecule has 2 aromatic carbocycles. The largest absolute Gasteiger partial charge is 0.351 e. The van der Waals surface area contributed by atoms with E-state index in [1.807, 2.05) is 0 Å². The maximum atomic E-state index is 14.9. The lowest BCUT2D eigenvalue weighted by Crippen LogP contribution is -2.44. The second kappa shape index (κ2) is 9.53. The van der Waals surface area contributed by atoms with Crippen LogP contribution in [0.25, 0.3) is 0 Å². The van der Waals surface area contributed by atoms with Gasteiger partial charge in [0.1, 0.15) is 4.90 Å². The number of carbonyl (C=O) groups excluding carboxylic acids is 1. The summed E-state index contributed by atoms with van der Waals surface area (Å²) >= 11 is 11.6. The number of hydrogen-bond donors (Lipinski definition) is 2. The maximum Gasteiger partial charge on any atom is 0.351 e. The Hall–Kier alpha value is -2.53. The Morgan fingerprint density at radius 1 is 1.19 bits per heavy atom. The predicted molar refractivity (Wildman–Crippen MR) is 116 cm³/mol. The summed E-state index contributed by atoms with van der Waals surface area (Å²) in [5.74, 6) is -5.67. The van der Waals surface area contributed by atoms with Gasteiger partial charge in [-0.15, -0.1) is 0 Å². The molecular formula is C20H18Cl2F2N4O3S. The van der Waals surface area contributed by atoms with Crippen LogP contribution in [0, 0.1) is 0 Å². The second-order valence-corrected chi connectivity index (χ2v) is 9.45. The van der Waals surface area contributed by atoms with Gasteiger partial charge in [-0.1, -0.05) is 53.5 Å². The molecule has 2 N–H and O–H groups in total. The Kier molecular flexibility index (Phi) is 7.19. The summed E-state index contributed by atoms with van der Waals surface area (Å²) in [5, 5.41) is 5.67. The number of sulfonamides is 1. The quantitative estimate of drug-likeness (QED) is 0.491. The highest BCUT2D eigenvalue weighted by Crippen LogP contribution is 2.36. The van der Waals surface area contributed by atoms with Crippen LogP contribution in [0.1, 0.15) is 17.2 Å². The highest BCUT2D eigenvalue weighted by atomic mass is 35.5. The minimum Gasteiger partial charge on any atom is -0.342 e. The number of benzene rings is 2. The van der Waals surface area contributed by atoms with Crippen LogP contribution in [0.2, 0.25) is 10.0 Å². The van der Waals surface area contributed by atoms with Crippen molar-refractivity contribution in [1.29, 1.82) is 0 Å².